The predicted molar refractivity (Wildman–Crippen MR) is 74.3 cm³/mol. The highest BCUT2D eigenvalue weighted by atomic mass is 16.3. The van der Waals surface area contributed by atoms with Crippen LogP contribution in [0.3, 0.4) is 0 Å². The molecule has 0 unspecified atom stereocenters. The first-order valence-corrected chi connectivity index (χ1v) is 5.84. The Morgan fingerprint density at radius 3 is 2.85 bits per heavy atom. The molecule has 2 aromatic heterocycles. The van der Waals surface area contributed by atoms with Gasteiger partial charge in [0.05, 0.1) is 5.56 Å². The van der Waals surface area contributed by atoms with Crippen molar-refractivity contribution in [3.8, 4) is 11.9 Å². The van der Waals surface area contributed by atoms with Gasteiger partial charge in [-0.15, -0.1) is 0 Å². The van der Waals surface area contributed by atoms with Crippen LogP contribution in [0, 0.1) is 18.3 Å². The molecule has 0 bridgehead atoms. The molecule has 0 saturated carbocycles. The van der Waals surface area contributed by atoms with Crippen molar-refractivity contribution in [1.29, 1.82) is 5.26 Å². The van der Waals surface area contributed by atoms with Gasteiger partial charge in [0.2, 0.25) is 5.88 Å². The minimum absolute atomic E-state index is 0.00669. The number of hydrogen-bond donors (Lipinski definition) is 1. The molecule has 0 spiro atoms. The van der Waals surface area contributed by atoms with Gasteiger partial charge >= 0.3 is 0 Å². The lowest BCUT2D eigenvalue weighted by atomic mass is 10.1. The number of aromatic nitrogens is 2. The average Bonchev–Trinajstić information content (AvgIpc) is 2.47. The van der Waals surface area contributed by atoms with Crippen molar-refractivity contribution in [3.05, 3.63) is 51.4 Å². The van der Waals surface area contributed by atoms with Gasteiger partial charge in [0.25, 0.3) is 5.56 Å². The number of nitriles is 1. The zero-order valence-corrected chi connectivity index (χ0v) is 11.0. The van der Waals surface area contributed by atoms with Crippen molar-refractivity contribution in [2.45, 2.75) is 6.92 Å². The van der Waals surface area contributed by atoms with Gasteiger partial charge in [0.1, 0.15) is 11.6 Å². The summed E-state index contributed by atoms with van der Waals surface area (Å²) in [4.78, 5) is 19.9. The maximum absolute atomic E-state index is 11.8. The number of nitrogens with zero attached hydrogens (tertiary/aromatic N) is 4. The van der Waals surface area contributed by atoms with E-state index in [2.05, 4.69) is 9.98 Å². The Balaban J connectivity index is 2.59. The summed E-state index contributed by atoms with van der Waals surface area (Å²) in [6, 6.07) is 7.10. The Kier molecular flexibility index (Phi) is 3.62. The van der Waals surface area contributed by atoms with Gasteiger partial charge in [0, 0.05) is 19.5 Å². The lowest BCUT2D eigenvalue weighted by Gasteiger charge is -2.09. The number of hydrogen-bond acceptors (Lipinski definition) is 5. The molecule has 0 aromatic carbocycles. The number of aromatic hydroxyl groups is 1. The van der Waals surface area contributed by atoms with Gasteiger partial charge in [-0.2, -0.15) is 5.26 Å². The zero-order valence-electron chi connectivity index (χ0n) is 11.0. The van der Waals surface area contributed by atoms with Crippen molar-refractivity contribution in [3.63, 3.8) is 0 Å². The van der Waals surface area contributed by atoms with Crippen molar-refractivity contribution in [1.82, 2.24) is 9.55 Å². The van der Waals surface area contributed by atoms with Crippen molar-refractivity contribution in [2.24, 2.45) is 12.0 Å². The fourth-order valence-corrected chi connectivity index (χ4v) is 1.75. The third kappa shape index (κ3) is 2.29. The summed E-state index contributed by atoms with van der Waals surface area (Å²) in [5.74, 6) is 0.241. The Morgan fingerprint density at radius 2 is 2.25 bits per heavy atom. The summed E-state index contributed by atoms with van der Waals surface area (Å²) in [6.45, 7) is 1.60. The molecule has 0 atom stereocenters. The molecule has 0 amide bonds. The molecule has 2 heterocycles. The van der Waals surface area contributed by atoms with Crippen LogP contribution in [0.25, 0.3) is 0 Å². The summed E-state index contributed by atoms with van der Waals surface area (Å²) >= 11 is 0. The first-order valence-electron chi connectivity index (χ1n) is 5.84. The second-order valence-electron chi connectivity index (χ2n) is 4.16. The maximum atomic E-state index is 11.8. The smallest absolute Gasteiger partial charge is 0.271 e. The molecule has 2 rings (SSSR count). The highest BCUT2D eigenvalue weighted by Crippen LogP contribution is 2.19. The van der Waals surface area contributed by atoms with E-state index in [-0.39, 0.29) is 11.4 Å². The average molecular weight is 268 g/mol. The molecule has 0 saturated heterocycles. The fraction of sp³-hybridized carbons (Fsp3) is 0.143. The molecule has 6 nitrogen and oxygen atoms in total. The topological polar surface area (TPSA) is 91.3 Å². The molecular formula is C14H12N4O2. The molecule has 6 heteroatoms. The third-order valence-corrected chi connectivity index (χ3v) is 2.94. The van der Waals surface area contributed by atoms with Crippen LogP contribution in [0.15, 0.2) is 34.2 Å². The molecular weight excluding hydrogens is 256 g/mol. The second kappa shape index (κ2) is 5.36. The molecule has 0 fully saturated rings. The molecule has 0 aliphatic carbocycles. The van der Waals surface area contributed by atoms with E-state index in [0.717, 1.165) is 4.57 Å². The van der Waals surface area contributed by atoms with Crippen LogP contribution >= 0.6 is 0 Å². The quantitative estimate of drug-likeness (QED) is 0.834. The van der Waals surface area contributed by atoms with Crippen molar-refractivity contribution in [2.75, 3.05) is 0 Å². The van der Waals surface area contributed by atoms with E-state index in [1.54, 1.807) is 31.3 Å². The van der Waals surface area contributed by atoms with Crippen LogP contribution in [0.5, 0.6) is 5.88 Å². The summed E-state index contributed by atoms with van der Waals surface area (Å²) in [5, 5.41) is 19.0. The van der Waals surface area contributed by atoms with Gasteiger partial charge in [0.15, 0.2) is 5.82 Å². The van der Waals surface area contributed by atoms with Crippen molar-refractivity contribution >= 4 is 12.0 Å². The van der Waals surface area contributed by atoms with Crippen LogP contribution in [0.2, 0.25) is 0 Å². The first-order chi connectivity index (χ1) is 9.56. The van der Waals surface area contributed by atoms with Crippen LogP contribution in [0.4, 0.5) is 5.82 Å². The fourth-order valence-electron chi connectivity index (χ4n) is 1.75. The molecule has 0 aliphatic rings. The van der Waals surface area contributed by atoms with Crippen molar-refractivity contribution < 1.29 is 5.11 Å². The maximum Gasteiger partial charge on any atom is 0.271 e. The molecule has 1 N–H and O–H groups in total. The highest BCUT2D eigenvalue weighted by molar-refractivity contribution is 5.87. The largest absolute Gasteiger partial charge is 0.494 e. The Bertz CT molecular complexity index is 770. The second-order valence-corrected chi connectivity index (χ2v) is 4.16. The lowest BCUT2D eigenvalue weighted by molar-refractivity contribution is 0.421. The van der Waals surface area contributed by atoms with Gasteiger partial charge in [-0.3, -0.25) is 9.36 Å². The Hall–Kier alpha value is -2.94. The number of pyridine rings is 2. The lowest BCUT2D eigenvalue weighted by Crippen LogP contribution is -2.22. The van der Waals surface area contributed by atoms with Gasteiger partial charge < -0.3 is 5.11 Å². The summed E-state index contributed by atoms with van der Waals surface area (Å²) in [6.07, 6.45) is 2.99. The number of aliphatic imine (C=N–C) groups is 1. The van der Waals surface area contributed by atoms with E-state index in [9.17, 15) is 9.90 Å². The zero-order chi connectivity index (χ0) is 14.7. The summed E-state index contributed by atoms with van der Waals surface area (Å²) in [7, 11) is 1.40. The SMILES string of the molecule is Cc1c(C=Nc2ccccn2)c(O)n(C)c(=O)c1C#N. The number of rotatable bonds is 2. The molecule has 0 radical (unpaired) electrons. The Labute approximate surface area is 115 Å². The minimum atomic E-state index is -0.530. The monoisotopic (exact) mass is 268 g/mol. The van der Waals surface area contributed by atoms with Gasteiger partial charge in [-0.1, -0.05) is 6.07 Å². The molecule has 100 valence electrons. The van der Waals surface area contributed by atoms with Crippen LogP contribution in [0.1, 0.15) is 16.7 Å². The Morgan fingerprint density at radius 1 is 1.50 bits per heavy atom. The van der Waals surface area contributed by atoms with Gasteiger partial charge in [-0.05, 0) is 24.6 Å². The van der Waals surface area contributed by atoms with Crippen LogP contribution < -0.4 is 5.56 Å². The molecule has 2 aromatic rings. The summed E-state index contributed by atoms with van der Waals surface area (Å²) < 4.78 is 1.02. The normalized spacial score (nSPS) is 10.7. The predicted octanol–water partition coefficient (Wildman–Crippen LogP) is 1.42. The standard InChI is InChI=1S/C14H12N4O2/c1-9-10(7-15)13(19)18(2)14(20)11(9)8-17-12-5-3-4-6-16-12/h3-6,8,20H,1-2H3. The minimum Gasteiger partial charge on any atom is -0.494 e. The van der Waals surface area contributed by atoms with E-state index in [0.29, 0.717) is 16.9 Å². The van der Waals surface area contributed by atoms with Crippen LogP contribution in [-0.4, -0.2) is 20.9 Å². The molecule has 0 aliphatic heterocycles. The first kappa shape index (κ1) is 13.5. The third-order valence-electron chi connectivity index (χ3n) is 2.94. The van der Waals surface area contributed by atoms with E-state index in [1.807, 2.05) is 6.07 Å². The molecule has 20 heavy (non-hydrogen) atoms. The van der Waals surface area contributed by atoms with Crippen LogP contribution in [-0.2, 0) is 7.05 Å². The van der Waals surface area contributed by atoms with E-state index >= 15 is 0 Å². The van der Waals surface area contributed by atoms with E-state index in [4.69, 9.17) is 5.26 Å². The van der Waals surface area contributed by atoms with E-state index in [1.165, 1.54) is 13.3 Å². The van der Waals surface area contributed by atoms with E-state index < -0.39 is 5.56 Å². The highest BCUT2D eigenvalue weighted by Gasteiger charge is 2.15. The van der Waals surface area contributed by atoms with Gasteiger partial charge in [-0.25, -0.2) is 9.98 Å². The summed E-state index contributed by atoms with van der Waals surface area (Å²) in [5.41, 5.74) is 0.187.